The van der Waals surface area contributed by atoms with E-state index in [9.17, 15) is 4.79 Å². The van der Waals surface area contributed by atoms with Gasteiger partial charge in [0.25, 0.3) is 0 Å². The maximum atomic E-state index is 11.0. The van der Waals surface area contributed by atoms with Gasteiger partial charge in [0.15, 0.2) is 0 Å². The summed E-state index contributed by atoms with van der Waals surface area (Å²) in [5.74, 6) is 0.893. The largest absolute Gasteiger partial charge is 0.478 e. The Balaban J connectivity index is 2.11. The molecule has 0 spiro atoms. The maximum absolute atomic E-state index is 11.0. The Labute approximate surface area is 118 Å². The van der Waals surface area contributed by atoms with E-state index >= 15 is 0 Å². The van der Waals surface area contributed by atoms with Crippen LogP contribution < -0.4 is 5.32 Å². The molecule has 3 atom stereocenters. The van der Waals surface area contributed by atoms with E-state index in [1.54, 1.807) is 0 Å². The first-order valence-corrected chi connectivity index (χ1v) is 7.00. The summed E-state index contributed by atoms with van der Waals surface area (Å²) in [6, 6.07) is 1.86. The molecule has 0 radical (unpaired) electrons. The van der Waals surface area contributed by atoms with E-state index in [-0.39, 0.29) is 10.6 Å². The van der Waals surface area contributed by atoms with Crippen LogP contribution >= 0.6 is 11.6 Å². The Morgan fingerprint density at radius 2 is 2.21 bits per heavy atom. The van der Waals surface area contributed by atoms with Gasteiger partial charge in [0.2, 0.25) is 0 Å². The van der Waals surface area contributed by atoms with Crippen LogP contribution in [0.3, 0.4) is 0 Å². The maximum Gasteiger partial charge on any atom is 0.337 e. The molecule has 0 aromatic carbocycles. The Morgan fingerprint density at radius 1 is 1.47 bits per heavy atom. The summed E-state index contributed by atoms with van der Waals surface area (Å²) in [4.78, 5) is 15.2. The molecule has 1 aromatic heterocycles. The van der Waals surface area contributed by atoms with Crippen molar-refractivity contribution in [1.82, 2.24) is 4.98 Å². The molecule has 1 aromatic rings. The fourth-order valence-corrected chi connectivity index (χ4v) is 2.94. The summed E-state index contributed by atoms with van der Waals surface area (Å²) in [5, 5.41) is 12.6. The van der Waals surface area contributed by atoms with E-state index in [2.05, 4.69) is 24.1 Å². The first-order chi connectivity index (χ1) is 8.97. The molecule has 0 amide bonds. The monoisotopic (exact) mass is 282 g/mol. The van der Waals surface area contributed by atoms with Crippen LogP contribution in [0, 0.1) is 11.8 Å². The smallest absolute Gasteiger partial charge is 0.337 e. The number of carboxylic acids is 1. The van der Waals surface area contributed by atoms with Gasteiger partial charge in [0, 0.05) is 12.2 Å². The molecule has 5 heteroatoms. The molecular formula is C14H19ClN2O2. The van der Waals surface area contributed by atoms with Gasteiger partial charge in [0.05, 0.1) is 10.6 Å². The average molecular weight is 283 g/mol. The van der Waals surface area contributed by atoms with Crippen LogP contribution in [-0.4, -0.2) is 22.1 Å². The third-order valence-electron chi connectivity index (χ3n) is 3.85. The minimum atomic E-state index is -1.03. The number of nitrogens with zero attached hydrogens (tertiary/aromatic N) is 1. The Morgan fingerprint density at radius 3 is 2.84 bits per heavy atom. The topological polar surface area (TPSA) is 62.2 Å². The predicted molar refractivity (Wildman–Crippen MR) is 75.8 cm³/mol. The van der Waals surface area contributed by atoms with Crippen molar-refractivity contribution in [2.45, 2.75) is 39.2 Å². The Hall–Kier alpha value is -1.29. The Bertz CT molecular complexity index is 479. The fraction of sp³-hybridized carbons (Fsp3) is 0.571. The second-order valence-corrected chi connectivity index (χ2v) is 5.91. The van der Waals surface area contributed by atoms with Crippen LogP contribution in [0.5, 0.6) is 0 Å². The molecule has 4 nitrogen and oxygen atoms in total. The minimum Gasteiger partial charge on any atom is -0.478 e. The number of anilines is 1. The van der Waals surface area contributed by atoms with Crippen molar-refractivity contribution < 1.29 is 9.90 Å². The summed E-state index contributed by atoms with van der Waals surface area (Å²) in [6.07, 6.45) is 4.87. The SMILES string of the molecule is CC1CCC(Nc2cc(C(=O)O)c(Cl)cn2)C(C)C1. The molecule has 1 fully saturated rings. The van der Waals surface area contributed by atoms with E-state index in [0.717, 1.165) is 12.3 Å². The molecule has 1 saturated carbocycles. The van der Waals surface area contributed by atoms with E-state index in [1.165, 1.54) is 25.1 Å². The van der Waals surface area contributed by atoms with Crippen molar-refractivity contribution in [3.05, 3.63) is 22.8 Å². The molecular weight excluding hydrogens is 264 g/mol. The normalized spacial score (nSPS) is 27.0. The van der Waals surface area contributed by atoms with Gasteiger partial charge in [-0.1, -0.05) is 25.4 Å². The highest BCUT2D eigenvalue weighted by Crippen LogP contribution is 2.30. The number of carboxylic acid groups (broad SMARTS) is 1. The second kappa shape index (κ2) is 5.78. The highest BCUT2D eigenvalue weighted by Gasteiger charge is 2.25. The van der Waals surface area contributed by atoms with Gasteiger partial charge in [-0.2, -0.15) is 0 Å². The summed E-state index contributed by atoms with van der Waals surface area (Å²) in [6.45, 7) is 4.50. The summed E-state index contributed by atoms with van der Waals surface area (Å²) >= 11 is 5.81. The van der Waals surface area contributed by atoms with Gasteiger partial charge in [0.1, 0.15) is 5.82 Å². The molecule has 3 unspecified atom stereocenters. The van der Waals surface area contributed by atoms with Gasteiger partial charge >= 0.3 is 5.97 Å². The second-order valence-electron chi connectivity index (χ2n) is 5.50. The van der Waals surface area contributed by atoms with Gasteiger partial charge in [-0.3, -0.25) is 0 Å². The van der Waals surface area contributed by atoms with E-state index in [1.807, 2.05) is 0 Å². The zero-order valence-electron chi connectivity index (χ0n) is 11.2. The molecule has 0 bridgehead atoms. The zero-order chi connectivity index (χ0) is 14.0. The molecule has 19 heavy (non-hydrogen) atoms. The quantitative estimate of drug-likeness (QED) is 0.888. The number of aromatic carboxylic acids is 1. The molecule has 1 aliphatic rings. The highest BCUT2D eigenvalue weighted by atomic mass is 35.5. The van der Waals surface area contributed by atoms with Crippen LogP contribution in [0.1, 0.15) is 43.5 Å². The van der Waals surface area contributed by atoms with Crippen molar-refractivity contribution in [2.24, 2.45) is 11.8 Å². The lowest BCUT2D eigenvalue weighted by Crippen LogP contribution is -2.33. The first kappa shape index (κ1) is 14.1. The number of rotatable bonds is 3. The van der Waals surface area contributed by atoms with E-state index < -0.39 is 5.97 Å². The number of halogens is 1. The van der Waals surface area contributed by atoms with Crippen molar-refractivity contribution >= 4 is 23.4 Å². The van der Waals surface area contributed by atoms with Crippen molar-refractivity contribution in [3.63, 3.8) is 0 Å². The lowest BCUT2D eigenvalue weighted by atomic mass is 9.80. The third kappa shape index (κ3) is 3.38. The highest BCUT2D eigenvalue weighted by molar-refractivity contribution is 6.33. The molecule has 1 aliphatic carbocycles. The average Bonchev–Trinajstić information content (AvgIpc) is 2.34. The van der Waals surface area contributed by atoms with Gasteiger partial charge < -0.3 is 10.4 Å². The first-order valence-electron chi connectivity index (χ1n) is 6.62. The minimum absolute atomic E-state index is 0.0935. The molecule has 2 N–H and O–H groups in total. The number of hydrogen-bond acceptors (Lipinski definition) is 3. The van der Waals surface area contributed by atoms with Gasteiger partial charge in [-0.25, -0.2) is 9.78 Å². The van der Waals surface area contributed by atoms with Crippen LogP contribution in [0.15, 0.2) is 12.3 Å². The summed E-state index contributed by atoms with van der Waals surface area (Å²) in [5.41, 5.74) is 0.0935. The number of aromatic nitrogens is 1. The molecule has 1 heterocycles. The van der Waals surface area contributed by atoms with Crippen molar-refractivity contribution in [3.8, 4) is 0 Å². The van der Waals surface area contributed by atoms with Crippen molar-refractivity contribution in [2.75, 3.05) is 5.32 Å². The Kier molecular flexibility index (Phi) is 4.30. The third-order valence-corrected chi connectivity index (χ3v) is 4.15. The lowest BCUT2D eigenvalue weighted by molar-refractivity contribution is 0.0697. The van der Waals surface area contributed by atoms with Crippen molar-refractivity contribution in [1.29, 1.82) is 0 Å². The fourth-order valence-electron chi connectivity index (χ4n) is 2.75. The van der Waals surface area contributed by atoms with Gasteiger partial charge in [-0.15, -0.1) is 0 Å². The number of carbonyl (C=O) groups is 1. The predicted octanol–water partition coefficient (Wildman–Crippen LogP) is 3.67. The molecule has 0 saturated heterocycles. The molecule has 0 aliphatic heterocycles. The number of hydrogen-bond donors (Lipinski definition) is 2. The van der Waals surface area contributed by atoms with Crippen LogP contribution in [0.2, 0.25) is 5.02 Å². The molecule has 104 valence electrons. The van der Waals surface area contributed by atoms with Crippen LogP contribution in [0.25, 0.3) is 0 Å². The van der Waals surface area contributed by atoms with Crippen LogP contribution in [-0.2, 0) is 0 Å². The van der Waals surface area contributed by atoms with Crippen LogP contribution in [0.4, 0.5) is 5.82 Å². The summed E-state index contributed by atoms with van der Waals surface area (Å²) in [7, 11) is 0. The lowest BCUT2D eigenvalue weighted by Gasteiger charge is -2.33. The standard InChI is InChI=1S/C14H19ClN2O2/c1-8-3-4-12(9(2)5-8)17-13-6-10(14(18)19)11(15)7-16-13/h6-9,12H,3-5H2,1-2H3,(H,16,17)(H,18,19). The van der Waals surface area contributed by atoms with E-state index in [4.69, 9.17) is 16.7 Å². The zero-order valence-corrected chi connectivity index (χ0v) is 11.9. The number of nitrogens with one attached hydrogen (secondary N) is 1. The molecule has 2 rings (SSSR count). The number of pyridine rings is 1. The van der Waals surface area contributed by atoms with E-state index in [0.29, 0.717) is 17.8 Å². The van der Waals surface area contributed by atoms with Gasteiger partial charge in [-0.05, 0) is 37.2 Å². The summed E-state index contributed by atoms with van der Waals surface area (Å²) < 4.78 is 0.